The van der Waals surface area contributed by atoms with Crippen molar-refractivity contribution in [2.24, 2.45) is 5.92 Å². The summed E-state index contributed by atoms with van der Waals surface area (Å²) in [5.74, 6) is 0.641. The highest BCUT2D eigenvalue weighted by atomic mass is 16.5. The van der Waals surface area contributed by atoms with Crippen molar-refractivity contribution in [1.29, 1.82) is 0 Å². The van der Waals surface area contributed by atoms with Gasteiger partial charge in [0.05, 0.1) is 0 Å². The van der Waals surface area contributed by atoms with Gasteiger partial charge in [0.15, 0.2) is 0 Å². The number of carbonyl (C=O) groups excluding carboxylic acids is 1. The van der Waals surface area contributed by atoms with E-state index in [1.165, 1.54) is 5.56 Å². The summed E-state index contributed by atoms with van der Waals surface area (Å²) < 4.78 is 5.53. The summed E-state index contributed by atoms with van der Waals surface area (Å²) >= 11 is 0. The lowest BCUT2D eigenvalue weighted by atomic mass is 9.98. The van der Waals surface area contributed by atoms with Crippen LogP contribution in [-0.2, 0) is 11.3 Å². The molecule has 2 saturated heterocycles. The van der Waals surface area contributed by atoms with Crippen molar-refractivity contribution in [2.45, 2.75) is 52.2 Å². The van der Waals surface area contributed by atoms with Crippen LogP contribution in [0.1, 0.15) is 37.8 Å². The molecule has 0 aliphatic carbocycles. The third-order valence-corrected chi connectivity index (χ3v) is 5.42. The van der Waals surface area contributed by atoms with Crippen molar-refractivity contribution in [1.82, 2.24) is 15.1 Å². The Bertz CT molecular complexity index is 575. The average molecular weight is 360 g/mol. The normalized spacial score (nSPS) is 19.0. The summed E-state index contributed by atoms with van der Waals surface area (Å²) in [5, 5.41) is 3.05. The molecule has 2 amide bonds. The molecule has 1 aromatic carbocycles. The summed E-state index contributed by atoms with van der Waals surface area (Å²) in [4.78, 5) is 17.0. The fraction of sp³-hybridized carbons (Fsp3) is 0.667. The van der Waals surface area contributed by atoms with E-state index in [4.69, 9.17) is 4.74 Å². The van der Waals surface area contributed by atoms with Gasteiger partial charge in [0.2, 0.25) is 0 Å². The number of likely N-dealkylation sites (tertiary alicyclic amines) is 1. The van der Waals surface area contributed by atoms with Crippen LogP contribution in [0.15, 0.2) is 24.3 Å². The lowest BCUT2D eigenvalue weighted by Crippen LogP contribution is -2.65. The van der Waals surface area contributed by atoms with E-state index in [9.17, 15) is 4.79 Å². The lowest BCUT2D eigenvalue weighted by molar-refractivity contribution is -0.0243. The highest BCUT2D eigenvalue weighted by Crippen LogP contribution is 2.24. The number of urea groups is 1. The Morgan fingerprint density at radius 1 is 1.19 bits per heavy atom. The number of amides is 2. The summed E-state index contributed by atoms with van der Waals surface area (Å²) in [6.07, 6.45) is 2.23. The Balaban J connectivity index is 1.47. The van der Waals surface area contributed by atoms with Crippen LogP contribution in [0.25, 0.3) is 0 Å². The van der Waals surface area contributed by atoms with Crippen LogP contribution in [0.2, 0.25) is 0 Å². The minimum atomic E-state index is 0.0540. The van der Waals surface area contributed by atoms with Gasteiger partial charge in [-0.2, -0.15) is 0 Å². The SMILES string of the molecule is Cc1ccc(CNC(=O)N2CC(N(CC(C)C)C3CCOCC3)C2)cc1. The van der Waals surface area contributed by atoms with Gasteiger partial charge in [0.1, 0.15) is 0 Å². The van der Waals surface area contributed by atoms with Crippen molar-refractivity contribution in [2.75, 3.05) is 32.8 Å². The molecule has 0 aromatic heterocycles. The van der Waals surface area contributed by atoms with E-state index in [0.717, 1.165) is 51.3 Å². The number of rotatable bonds is 6. The van der Waals surface area contributed by atoms with Crippen molar-refractivity contribution < 1.29 is 9.53 Å². The second-order valence-electron chi connectivity index (χ2n) is 8.14. The van der Waals surface area contributed by atoms with E-state index in [0.29, 0.717) is 24.5 Å². The van der Waals surface area contributed by atoms with Crippen molar-refractivity contribution >= 4 is 6.03 Å². The lowest BCUT2D eigenvalue weighted by Gasteiger charge is -2.49. The predicted molar refractivity (Wildman–Crippen MR) is 104 cm³/mol. The Kier molecular flexibility index (Phi) is 6.54. The van der Waals surface area contributed by atoms with Crippen LogP contribution in [0.3, 0.4) is 0 Å². The number of benzene rings is 1. The quantitative estimate of drug-likeness (QED) is 0.849. The molecule has 0 atom stereocenters. The van der Waals surface area contributed by atoms with Gasteiger partial charge < -0.3 is 15.0 Å². The molecular weight excluding hydrogens is 326 g/mol. The van der Waals surface area contributed by atoms with Crippen LogP contribution < -0.4 is 5.32 Å². The molecule has 0 bridgehead atoms. The second kappa shape index (κ2) is 8.87. The van der Waals surface area contributed by atoms with Crippen LogP contribution in [0, 0.1) is 12.8 Å². The van der Waals surface area contributed by atoms with Gasteiger partial charge in [-0.1, -0.05) is 43.7 Å². The molecule has 1 aromatic rings. The number of hydrogen-bond acceptors (Lipinski definition) is 3. The molecule has 0 radical (unpaired) electrons. The highest BCUT2D eigenvalue weighted by Gasteiger charge is 2.38. The van der Waals surface area contributed by atoms with Gasteiger partial charge in [0, 0.05) is 51.5 Å². The van der Waals surface area contributed by atoms with E-state index in [-0.39, 0.29) is 6.03 Å². The van der Waals surface area contributed by atoms with Crippen LogP contribution >= 0.6 is 0 Å². The molecule has 0 unspecified atom stereocenters. The van der Waals surface area contributed by atoms with Gasteiger partial charge in [-0.3, -0.25) is 4.90 Å². The second-order valence-corrected chi connectivity index (χ2v) is 8.14. The molecule has 5 nitrogen and oxygen atoms in total. The summed E-state index contributed by atoms with van der Waals surface area (Å²) in [7, 11) is 0. The number of aryl methyl sites for hydroxylation is 1. The molecule has 5 heteroatoms. The number of hydrogen-bond donors (Lipinski definition) is 1. The van der Waals surface area contributed by atoms with Gasteiger partial charge in [-0.25, -0.2) is 4.79 Å². The zero-order chi connectivity index (χ0) is 18.5. The Hall–Kier alpha value is -1.59. The smallest absolute Gasteiger partial charge is 0.317 e. The monoisotopic (exact) mass is 359 g/mol. The first-order valence-electron chi connectivity index (χ1n) is 9.94. The number of ether oxygens (including phenoxy) is 1. The fourth-order valence-electron chi connectivity index (χ4n) is 3.86. The average Bonchev–Trinajstić information content (AvgIpc) is 2.59. The number of carbonyl (C=O) groups is 1. The van der Waals surface area contributed by atoms with Gasteiger partial charge in [-0.15, -0.1) is 0 Å². The van der Waals surface area contributed by atoms with E-state index >= 15 is 0 Å². The van der Waals surface area contributed by atoms with Gasteiger partial charge >= 0.3 is 6.03 Å². The first-order valence-corrected chi connectivity index (χ1v) is 9.94. The summed E-state index contributed by atoms with van der Waals surface area (Å²) in [6.45, 7) is 11.7. The minimum Gasteiger partial charge on any atom is -0.381 e. The topological polar surface area (TPSA) is 44.8 Å². The van der Waals surface area contributed by atoms with E-state index in [1.54, 1.807) is 0 Å². The maximum Gasteiger partial charge on any atom is 0.317 e. The molecule has 2 aliphatic rings. The molecule has 144 valence electrons. The van der Waals surface area contributed by atoms with E-state index < -0.39 is 0 Å². The van der Waals surface area contributed by atoms with E-state index in [1.807, 2.05) is 4.90 Å². The highest BCUT2D eigenvalue weighted by molar-refractivity contribution is 5.75. The first-order chi connectivity index (χ1) is 12.5. The van der Waals surface area contributed by atoms with E-state index in [2.05, 4.69) is 55.3 Å². The van der Waals surface area contributed by atoms with Crippen molar-refractivity contribution in [3.8, 4) is 0 Å². The molecular formula is C21H33N3O2. The Morgan fingerprint density at radius 3 is 2.46 bits per heavy atom. The Morgan fingerprint density at radius 2 is 1.85 bits per heavy atom. The zero-order valence-electron chi connectivity index (χ0n) is 16.4. The molecule has 2 fully saturated rings. The standard InChI is InChI=1S/C21H33N3O2/c1-16(2)13-24(19-8-10-26-11-9-19)20-14-23(15-20)21(25)22-12-18-6-4-17(3)5-7-18/h4-7,16,19-20H,8-15H2,1-3H3,(H,22,25). The third-order valence-electron chi connectivity index (χ3n) is 5.42. The van der Waals surface area contributed by atoms with Crippen LogP contribution in [-0.4, -0.2) is 60.8 Å². The predicted octanol–water partition coefficient (Wildman–Crippen LogP) is 3.03. The molecule has 0 spiro atoms. The van der Waals surface area contributed by atoms with Crippen LogP contribution in [0.4, 0.5) is 4.79 Å². The molecule has 2 heterocycles. The molecule has 2 aliphatic heterocycles. The van der Waals surface area contributed by atoms with Crippen molar-refractivity contribution in [3.63, 3.8) is 0 Å². The molecule has 1 N–H and O–H groups in total. The van der Waals surface area contributed by atoms with Crippen LogP contribution in [0.5, 0.6) is 0 Å². The number of nitrogens with zero attached hydrogens (tertiary/aromatic N) is 2. The number of nitrogens with one attached hydrogen (secondary N) is 1. The third kappa shape index (κ3) is 4.98. The maximum absolute atomic E-state index is 12.4. The van der Waals surface area contributed by atoms with Crippen molar-refractivity contribution in [3.05, 3.63) is 35.4 Å². The molecule has 26 heavy (non-hydrogen) atoms. The minimum absolute atomic E-state index is 0.0540. The molecule has 0 saturated carbocycles. The Labute approximate surface area is 157 Å². The van der Waals surface area contributed by atoms with Gasteiger partial charge in [0.25, 0.3) is 0 Å². The summed E-state index contributed by atoms with van der Waals surface area (Å²) in [6, 6.07) is 9.46. The summed E-state index contributed by atoms with van der Waals surface area (Å²) in [5.41, 5.74) is 2.38. The largest absolute Gasteiger partial charge is 0.381 e. The zero-order valence-corrected chi connectivity index (χ0v) is 16.4. The first kappa shape index (κ1) is 19.2. The molecule has 3 rings (SSSR count). The maximum atomic E-state index is 12.4. The van der Waals surface area contributed by atoms with Gasteiger partial charge in [-0.05, 0) is 31.2 Å². The fourth-order valence-corrected chi connectivity index (χ4v) is 3.86.